The molecule has 0 aliphatic carbocycles. The Kier molecular flexibility index (Phi) is 6.47. The maximum Gasteiger partial charge on any atom is 0.256 e. The van der Waals surface area contributed by atoms with Gasteiger partial charge in [-0.05, 0) is 54.7 Å². The largest absolute Gasteiger partial charge is 0.443 e. The number of nitrogens with zero attached hydrogens (tertiary/aromatic N) is 3. The zero-order valence-electron chi connectivity index (χ0n) is 18.9. The van der Waals surface area contributed by atoms with Gasteiger partial charge < -0.3 is 9.32 Å². The van der Waals surface area contributed by atoms with Gasteiger partial charge in [-0.25, -0.2) is 9.37 Å². The first-order valence-corrected chi connectivity index (χ1v) is 11.6. The standard InChI is InChI=1S/C28H26FN3O2/c29-23-12-9-21(10-13-23)17-25-19-31-27(34-25)26-8-4-5-15-32(26)28(33)22-11-14-24(30-18-22)16-20-6-2-1-3-7-20/h1-3,6-7,9-14,18-19,26H,4-5,8,15-17H2. The average molecular weight is 456 g/mol. The third-order valence-electron chi connectivity index (χ3n) is 6.21. The van der Waals surface area contributed by atoms with Crippen LogP contribution in [0.3, 0.4) is 0 Å². The highest BCUT2D eigenvalue weighted by atomic mass is 19.1. The fourth-order valence-corrected chi connectivity index (χ4v) is 4.42. The smallest absolute Gasteiger partial charge is 0.256 e. The number of hydrogen-bond acceptors (Lipinski definition) is 4. The summed E-state index contributed by atoms with van der Waals surface area (Å²) in [5, 5.41) is 0. The van der Waals surface area contributed by atoms with Gasteiger partial charge in [0.1, 0.15) is 17.6 Å². The Bertz CT molecular complexity index is 1240. The first kappa shape index (κ1) is 22.0. The highest BCUT2D eigenvalue weighted by Crippen LogP contribution is 2.32. The lowest BCUT2D eigenvalue weighted by Crippen LogP contribution is -2.38. The monoisotopic (exact) mass is 455 g/mol. The highest BCUT2D eigenvalue weighted by Gasteiger charge is 2.32. The van der Waals surface area contributed by atoms with Gasteiger partial charge in [0.25, 0.3) is 5.91 Å². The maximum atomic E-state index is 13.4. The normalized spacial score (nSPS) is 15.9. The van der Waals surface area contributed by atoms with Gasteiger partial charge in [0.05, 0.1) is 11.8 Å². The van der Waals surface area contributed by atoms with Gasteiger partial charge in [-0.3, -0.25) is 9.78 Å². The molecule has 3 heterocycles. The molecule has 2 aromatic carbocycles. The van der Waals surface area contributed by atoms with Crippen LogP contribution in [-0.4, -0.2) is 27.3 Å². The summed E-state index contributed by atoms with van der Waals surface area (Å²) in [5.74, 6) is 0.938. The van der Waals surface area contributed by atoms with E-state index in [9.17, 15) is 9.18 Å². The fraction of sp³-hybridized carbons (Fsp3) is 0.250. The van der Waals surface area contributed by atoms with E-state index >= 15 is 0 Å². The van der Waals surface area contributed by atoms with Crippen LogP contribution in [-0.2, 0) is 12.8 Å². The number of piperidine rings is 1. The van der Waals surface area contributed by atoms with Crippen molar-refractivity contribution < 1.29 is 13.6 Å². The maximum absolute atomic E-state index is 13.4. The summed E-state index contributed by atoms with van der Waals surface area (Å²) in [6.07, 6.45) is 7.40. The molecule has 1 aliphatic rings. The van der Waals surface area contributed by atoms with Crippen LogP contribution in [0.2, 0.25) is 0 Å². The Balaban J connectivity index is 1.29. The van der Waals surface area contributed by atoms with Crippen molar-refractivity contribution in [2.45, 2.75) is 38.1 Å². The van der Waals surface area contributed by atoms with E-state index < -0.39 is 0 Å². The molecular formula is C28H26FN3O2. The summed E-state index contributed by atoms with van der Waals surface area (Å²) >= 11 is 0. The van der Waals surface area contributed by atoms with Gasteiger partial charge in [0.15, 0.2) is 0 Å². The van der Waals surface area contributed by atoms with Crippen molar-refractivity contribution in [3.05, 3.63) is 119 Å². The Hall–Kier alpha value is -3.80. The molecule has 1 aliphatic heterocycles. The van der Waals surface area contributed by atoms with Crippen LogP contribution >= 0.6 is 0 Å². The number of aromatic nitrogens is 2. The molecule has 0 N–H and O–H groups in total. The lowest BCUT2D eigenvalue weighted by atomic mass is 10.0. The predicted octanol–water partition coefficient (Wildman–Crippen LogP) is 5.76. The molecule has 1 fully saturated rings. The summed E-state index contributed by atoms with van der Waals surface area (Å²) < 4.78 is 19.2. The minimum Gasteiger partial charge on any atom is -0.443 e. The highest BCUT2D eigenvalue weighted by molar-refractivity contribution is 5.94. The van der Waals surface area contributed by atoms with Crippen molar-refractivity contribution in [1.29, 1.82) is 0 Å². The third-order valence-corrected chi connectivity index (χ3v) is 6.21. The first-order chi connectivity index (χ1) is 16.7. The summed E-state index contributed by atoms with van der Waals surface area (Å²) in [5.41, 5.74) is 3.63. The molecule has 0 saturated carbocycles. The van der Waals surface area contributed by atoms with Crippen LogP contribution in [0.1, 0.15) is 64.1 Å². The third kappa shape index (κ3) is 5.06. The molecule has 0 radical (unpaired) electrons. The molecule has 5 rings (SSSR count). The van der Waals surface area contributed by atoms with Gasteiger partial charge in [-0.2, -0.15) is 0 Å². The van der Waals surface area contributed by atoms with E-state index in [-0.39, 0.29) is 17.8 Å². The molecule has 172 valence electrons. The SMILES string of the molecule is O=C(c1ccc(Cc2ccccc2)nc1)N1CCCCC1c1ncc(Cc2ccc(F)cc2)o1. The summed E-state index contributed by atoms with van der Waals surface area (Å²) in [4.78, 5) is 24.2. The van der Waals surface area contributed by atoms with E-state index in [4.69, 9.17) is 4.42 Å². The number of likely N-dealkylation sites (tertiary alicyclic amines) is 1. The number of carbonyl (C=O) groups excluding carboxylic acids is 1. The van der Waals surface area contributed by atoms with Crippen LogP contribution in [0.4, 0.5) is 4.39 Å². The number of pyridine rings is 1. The van der Waals surface area contributed by atoms with Crippen LogP contribution < -0.4 is 0 Å². The second-order valence-corrected chi connectivity index (χ2v) is 8.68. The van der Waals surface area contributed by atoms with Gasteiger partial charge in [-0.1, -0.05) is 42.5 Å². The second kappa shape index (κ2) is 10.00. The average Bonchev–Trinajstić information content (AvgIpc) is 3.34. The molecule has 6 heteroatoms. The molecule has 1 atom stereocenters. The van der Waals surface area contributed by atoms with E-state index in [0.717, 1.165) is 36.9 Å². The number of halogens is 1. The molecular weight excluding hydrogens is 429 g/mol. The van der Waals surface area contributed by atoms with Gasteiger partial charge in [0, 0.05) is 31.3 Å². The van der Waals surface area contributed by atoms with Crippen LogP contribution in [0.5, 0.6) is 0 Å². The van der Waals surface area contributed by atoms with Crippen LogP contribution in [0, 0.1) is 5.82 Å². The quantitative estimate of drug-likeness (QED) is 0.371. The first-order valence-electron chi connectivity index (χ1n) is 11.6. The van der Waals surface area contributed by atoms with Crippen molar-refractivity contribution in [3.8, 4) is 0 Å². The molecule has 2 aromatic heterocycles. The van der Waals surface area contributed by atoms with Gasteiger partial charge in [-0.15, -0.1) is 0 Å². The van der Waals surface area contributed by atoms with Crippen molar-refractivity contribution in [2.24, 2.45) is 0 Å². The lowest BCUT2D eigenvalue weighted by Gasteiger charge is -2.33. The van der Waals surface area contributed by atoms with E-state index in [1.807, 2.05) is 35.2 Å². The van der Waals surface area contributed by atoms with Gasteiger partial charge >= 0.3 is 0 Å². The van der Waals surface area contributed by atoms with Crippen molar-refractivity contribution in [1.82, 2.24) is 14.9 Å². The number of carbonyl (C=O) groups is 1. The number of benzene rings is 2. The van der Waals surface area contributed by atoms with Crippen LogP contribution in [0.25, 0.3) is 0 Å². The lowest BCUT2D eigenvalue weighted by molar-refractivity contribution is 0.0569. The zero-order chi connectivity index (χ0) is 23.3. The van der Waals surface area contributed by atoms with E-state index in [1.54, 1.807) is 24.5 Å². The molecule has 1 saturated heterocycles. The van der Waals surface area contributed by atoms with E-state index in [2.05, 4.69) is 22.1 Å². The van der Waals surface area contributed by atoms with Crippen LogP contribution in [0.15, 0.2) is 83.5 Å². The van der Waals surface area contributed by atoms with Gasteiger partial charge in [0.2, 0.25) is 5.89 Å². The Morgan fingerprint density at radius 3 is 2.47 bits per heavy atom. The van der Waals surface area contributed by atoms with Crippen molar-refractivity contribution >= 4 is 5.91 Å². The summed E-state index contributed by atoms with van der Waals surface area (Å²) in [6, 6.07) is 20.1. The summed E-state index contributed by atoms with van der Waals surface area (Å²) in [6.45, 7) is 0.658. The minimum atomic E-state index is -0.263. The molecule has 0 spiro atoms. The molecule has 4 aromatic rings. The number of oxazole rings is 1. The molecule has 1 amide bonds. The Morgan fingerprint density at radius 2 is 1.71 bits per heavy atom. The van der Waals surface area contributed by atoms with E-state index in [0.29, 0.717) is 30.2 Å². The Labute approximate surface area is 198 Å². The zero-order valence-corrected chi connectivity index (χ0v) is 18.9. The minimum absolute atomic E-state index is 0.0539. The molecule has 1 unspecified atom stereocenters. The molecule has 34 heavy (non-hydrogen) atoms. The van der Waals surface area contributed by atoms with E-state index in [1.165, 1.54) is 17.7 Å². The number of amides is 1. The summed E-state index contributed by atoms with van der Waals surface area (Å²) in [7, 11) is 0. The fourth-order valence-electron chi connectivity index (χ4n) is 4.42. The predicted molar refractivity (Wildman–Crippen MR) is 127 cm³/mol. The molecule has 5 nitrogen and oxygen atoms in total. The molecule has 0 bridgehead atoms. The van der Waals surface area contributed by atoms with Crippen molar-refractivity contribution in [2.75, 3.05) is 6.54 Å². The number of rotatable bonds is 6. The second-order valence-electron chi connectivity index (χ2n) is 8.68. The van der Waals surface area contributed by atoms with Crippen molar-refractivity contribution in [3.63, 3.8) is 0 Å². The Morgan fingerprint density at radius 1 is 0.912 bits per heavy atom. The topological polar surface area (TPSA) is 59.2 Å². The number of hydrogen-bond donors (Lipinski definition) is 0.